The molecule has 0 bridgehead atoms. The Morgan fingerprint density at radius 3 is 2.50 bits per heavy atom. The van der Waals surface area contributed by atoms with E-state index in [1.807, 2.05) is 0 Å². The molecular formula is C13H9BrF2N2O2. The molecule has 0 saturated heterocycles. The molecule has 20 heavy (non-hydrogen) atoms. The Labute approximate surface area is 121 Å². The quantitative estimate of drug-likeness (QED) is 0.840. The number of nitrogens with two attached hydrogens (primary N) is 2. The lowest BCUT2D eigenvalue weighted by Crippen LogP contribution is -2.14. The zero-order valence-corrected chi connectivity index (χ0v) is 11.6. The van der Waals surface area contributed by atoms with Crippen LogP contribution in [0.3, 0.4) is 0 Å². The second-order valence-electron chi connectivity index (χ2n) is 3.91. The lowest BCUT2D eigenvalue weighted by atomic mass is 10.1. The van der Waals surface area contributed by atoms with Crippen LogP contribution in [0, 0.1) is 11.6 Å². The van der Waals surface area contributed by atoms with Gasteiger partial charge in [0.25, 0.3) is 5.91 Å². The summed E-state index contributed by atoms with van der Waals surface area (Å²) < 4.78 is 32.5. The van der Waals surface area contributed by atoms with E-state index in [1.54, 1.807) is 0 Å². The topological polar surface area (TPSA) is 78.3 Å². The molecule has 0 spiro atoms. The van der Waals surface area contributed by atoms with Gasteiger partial charge in [-0.1, -0.05) is 0 Å². The number of primary amides is 1. The second-order valence-corrected chi connectivity index (χ2v) is 4.77. The van der Waals surface area contributed by atoms with Crippen molar-refractivity contribution in [1.29, 1.82) is 0 Å². The molecule has 1 amide bonds. The molecule has 0 aliphatic heterocycles. The number of amides is 1. The predicted octanol–water partition coefficient (Wildman–Crippen LogP) is 3.20. The third-order valence-electron chi connectivity index (χ3n) is 2.48. The standard InChI is InChI=1S/C13H9BrF2N2O2/c14-8-2-1-6(15)3-11(8)20-12-4-7(13(18)19)10(17)5-9(12)16/h1-5H,17H2,(H2,18,19). The van der Waals surface area contributed by atoms with E-state index in [9.17, 15) is 13.6 Å². The molecule has 2 aromatic rings. The highest BCUT2D eigenvalue weighted by atomic mass is 79.9. The van der Waals surface area contributed by atoms with E-state index in [-0.39, 0.29) is 22.7 Å². The summed E-state index contributed by atoms with van der Waals surface area (Å²) in [4.78, 5) is 11.2. The van der Waals surface area contributed by atoms with Gasteiger partial charge in [-0.3, -0.25) is 4.79 Å². The Balaban J connectivity index is 2.45. The van der Waals surface area contributed by atoms with Crippen molar-refractivity contribution in [3.8, 4) is 11.5 Å². The number of halogens is 3. The Hall–Kier alpha value is -2.15. The van der Waals surface area contributed by atoms with Crippen molar-refractivity contribution < 1.29 is 18.3 Å². The van der Waals surface area contributed by atoms with Crippen molar-refractivity contribution in [3.05, 3.63) is 52.0 Å². The fraction of sp³-hybridized carbons (Fsp3) is 0. The van der Waals surface area contributed by atoms with Crippen LogP contribution in [-0.2, 0) is 0 Å². The highest BCUT2D eigenvalue weighted by molar-refractivity contribution is 9.10. The van der Waals surface area contributed by atoms with Crippen molar-refractivity contribution in [2.45, 2.75) is 0 Å². The van der Waals surface area contributed by atoms with Gasteiger partial charge in [0.1, 0.15) is 11.6 Å². The number of anilines is 1. The number of carbonyl (C=O) groups excluding carboxylic acids is 1. The largest absolute Gasteiger partial charge is 0.453 e. The van der Waals surface area contributed by atoms with E-state index in [0.29, 0.717) is 4.47 Å². The van der Waals surface area contributed by atoms with Gasteiger partial charge in [0, 0.05) is 17.8 Å². The molecule has 0 saturated carbocycles. The summed E-state index contributed by atoms with van der Waals surface area (Å²) >= 11 is 3.14. The second kappa shape index (κ2) is 5.46. The number of nitrogen functional groups attached to an aromatic ring is 1. The Morgan fingerprint density at radius 1 is 1.15 bits per heavy atom. The molecule has 0 radical (unpaired) electrons. The summed E-state index contributed by atoms with van der Waals surface area (Å²) in [5.41, 5.74) is 10.4. The van der Waals surface area contributed by atoms with Crippen LogP contribution in [-0.4, -0.2) is 5.91 Å². The Kier molecular flexibility index (Phi) is 3.89. The van der Waals surface area contributed by atoms with Gasteiger partial charge in [0.15, 0.2) is 11.6 Å². The van der Waals surface area contributed by atoms with E-state index >= 15 is 0 Å². The van der Waals surface area contributed by atoms with Crippen LogP contribution in [0.2, 0.25) is 0 Å². The van der Waals surface area contributed by atoms with Crippen LogP contribution in [0.15, 0.2) is 34.8 Å². The maximum absolute atomic E-state index is 13.7. The molecule has 2 aromatic carbocycles. The normalized spacial score (nSPS) is 10.3. The van der Waals surface area contributed by atoms with E-state index in [2.05, 4.69) is 15.9 Å². The maximum atomic E-state index is 13.7. The van der Waals surface area contributed by atoms with Crippen molar-refractivity contribution in [1.82, 2.24) is 0 Å². The minimum Gasteiger partial charge on any atom is -0.453 e. The van der Waals surface area contributed by atoms with E-state index in [4.69, 9.17) is 16.2 Å². The highest BCUT2D eigenvalue weighted by Crippen LogP contribution is 2.33. The molecule has 0 aromatic heterocycles. The SMILES string of the molecule is NC(=O)c1cc(Oc2cc(F)ccc2Br)c(F)cc1N. The van der Waals surface area contributed by atoms with E-state index in [0.717, 1.165) is 18.2 Å². The molecule has 0 aliphatic carbocycles. The van der Waals surface area contributed by atoms with Crippen LogP contribution in [0.4, 0.5) is 14.5 Å². The summed E-state index contributed by atoms with van der Waals surface area (Å²) in [7, 11) is 0. The van der Waals surface area contributed by atoms with Crippen molar-refractivity contribution in [2.75, 3.05) is 5.73 Å². The molecule has 4 N–H and O–H groups in total. The van der Waals surface area contributed by atoms with Gasteiger partial charge < -0.3 is 16.2 Å². The summed E-state index contributed by atoms with van der Waals surface area (Å²) in [5.74, 6) is -2.37. The minimum atomic E-state index is -0.814. The van der Waals surface area contributed by atoms with Gasteiger partial charge in [-0.25, -0.2) is 8.78 Å². The van der Waals surface area contributed by atoms with Gasteiger partial charge >= 0.3 is 0 Å². The van der Waals surface area contributed by atoms with Gasteiger partial charge in [0.2, 0.25) is 0 Å². The average molecular weight is 343 g/mol. The molecule has 104 valence electrons. The monoisotopic (exact) mass is 342 g/mol. The molecule has 7 heteroatoms. The van der Waals surface area contributed by atoms with Crippen LogP contribution in [0.1, 0.15) is 10.4 Å². The number of hydrogen-bond acceptors (Lipinski definition) is 3. The lowest BCUT2D eigenvalue weighted by molar-refractivity contribution is 0.100. The lowest BCUT2D eigenvalue weighted by Gasteiger charge is -2.11. The molecule has 2 rings (SSSR count). The first-order valence-electron chi connectivity index (χ1n) is 5.40. The number of ether oxygens (including phenoxy) is 1. The average Bonchev–Trinajstić information content (AvgIpc) is 2.36. The highest BCUT2D eigenvalue weighted by Gasteiger charge is 2.15. The van der Waals surface area contributed by atoms with Crippen LogP contribution in [0.5, 0.6) is 11.5 Å². The molecule has 0 atom stereocenters. The van der Waals surface area contributed by atoms with Crippen LogP contribution >= 0.6 is 15.9 Å². The zero-order chi connectivity index (χ0) is 14.9. The Morgan fingerprint density at radius 2 is 1.85 bits per heavy atom. The zero-order valence-electron chi connectivity index (χ0n) is 9.99. The van der Waals surface area contributed by atoms with Gasteiger partial charge in [-0.05, 0) is 34.1 Å². The van der Waals surface area contributed by atoms with Crippen molar-refractivity contribution in [2.24, 2.45) is 5.73 Å². The number of carbonyl (C=O) groups is 1. The summed E-state index contributed by atoms with van der Waals surface area (Å²) in [6, 6.07) is 5.69. The van der Waals surface area contributed by atoms with Gasteiger partial charge in [-0.15, -0.1) is 0 Å². The molecule has 0 heterocycles. The molecule has 4 nitrogen and oxygen atoms in total. The van der Waals surface area contributed by atoms with E-state index in [1.165, 1.54) is 12.1 Å². The fourth-order valence-electron chi connectivity index (χ4n) is 1.53. The van der Waals surface area contributed by atoms with Crippen molar-refractivity contribution >= 4 is 27.5 Å². The number of hydrogen-bond donors (Lipinski definition) is 2. The minimum absolute atomic E-state index is 0.0593. The Bertz CT molecular complexity index is 692. The number of benzene rings is 2. The molecule has 0 unspecified atom stereocenters. The van der Waals surface area contributed by atoms with Gasteiger partial charge in [-0.2, -0.15) is 0 Å². The van der Waals surface area contributed by atoms with Crippen LogP contribution in [0.25, 0.3) is 0 Å². The first-order valence-corrected chi connectivity index (χ1v) is 6.19. The third-order valence-corrected chi connectivity index (χ3v) is 3.14. The maximum Gasteiger partial charge on any atom is 0.250 e. The molecular weight excluding hydrogens is 334 g/mol. The van der Waals surface area contributed by atoms with Gasteiger partial charge in [0.05, 0.1) is 10.0 Å². The fourth-order valence-corrected chi connectivity index (χ4v) is 1.86. The summed E-state index contributed by atoms with van der Waals surface area (Å²) in [6.45, 7) is 0. The molecule has 0 fully saturated rings. The first kappa shape index (κ1) is 14.3. The summed E-state index contributed by atoms with van der Waals surface area (Å²) in [6.07, 6.45) is 0. The van der Waals surface area contributed by atoms with E-state index < -0.39 is 17.5 Å². The first-order chi connectivity index (χ1) is 9.38. The number of rotatable bonds is 3. The molecule has 0 aliphatic rings. The van der Waals surface area contributed by atoms with Crippen LogP contribution < -0.4 is 16.2 Å². The smallest absolute Gasteiger partial charge is 0.250 e. The third kappa shape index (κ3) is 2.88. The summed E-state index contributed by atoms with van der Waals surface area (Å²) in [5, 5.41) is 0. The predicted molar refractivity (Wildman–Crippen MR) is 73.5 cm³/mol. The van der Waals surface area contributed by atoms with Crippen molar-refractivity contribution in [3.63, 3.8) is 0 Å².